The van der Waals surface area contributed by atoms with Crippen LogP contribution in [-0.2, 0) is 16.6 Å². The number of nitrogen functional groups attached to an aromatic ring is 1. The number of amides is 1. The molecule has 3 atom stereocenters. The molecule has 36 heavy (non-hydrogen) atoms. The lowest BCUT2D eigenvalue weighted by molar-refractivity contribution is -0.129. The quantitative estimate of drug-likeness (QED) is 0.297. The highest BCUT2D eigenvalue weighted by Crippen LogP contribution is 2.37. The molecule has 5 heterocycles. The molecule has 5 rings (SSSR count). The standard InChI is InChI=1S/C22H23F2N9O3/c1-32-5-3-13(31-32)12-9-33(20-18(12)19(25)28-10-29-20)22-14(34)7-15(36-22)21(35)30-17-6-11(2-4-26-17)27-8-16(23)24/h2-6,9-10,14-16,22,34H,7-8H2,1H3,(H2,25,28,29)(H2,26,27,30,35)/t14-,15+,22-/m1/s1. The predicted octanol–water partition coefficient (Wildman–Crippen LogP) is 1.77. The van der Waals surface area contributed by atoms with Crippen molar-refractivity contribution >= 4 is 34.3 Å². The number of alkyl halides is 2. The summed E-state index contributed by atoms with van der Waals surface area (Å²) >= 11 is 0. The van der Waals surface area contributed by atoms with Gasteiger partial charge in [-0.1, -0.05) is 0 Å². The van der Waals surface area contributed by atoms with Crippen LogP contribution in [0, 0.1) is 0 Å². The SMILES string of the molecule is Cn1ccc(-c2cn([C@@H]3O[C@H](C(=O)Nc4cc(NCC(F)F)ccn4)C[C@H]3O)c3ncnc(N)c23)n1. The molecule has 0 aliphatic carbocycles. The smallest absolute Gasteiger partial charge is 0.255 e. The van der Waals surface area contributed by atoms with E-state index in [0.717, 1.165) is 0 Å². The highest BCUT2D eigenvalue weighted by molar-refractivity contribution is 6.00. The van der Waals surface area contributed by atoms with Gasteiger partial charge in [0, 0.05) is 49.4 Å². The zero-order valence-corrected chi connectivity index (χ0v) is 19.0. The molecule has 0 radical (unpaired) electrons. The molecule has 0 unspecified atom stereocenters. The van der Waals surface area contributed by atoms with Gasteiger partial charge in [0.1, 0.15) is 35.8 Å². The number of aliphatic hydroxyl groups is 1. The molecule has 4 aromatic rings. The number of rotatable bonds is 7. The second kappa shape index (κ2) is 9.47. The third-order valence-corrected chi connectivity index (χ3v) is 5.75. The van der Waals surface area contributed by atoms with Crippen LogP contribution in [-0.4, -0.2) is 65.5 Å². The Labute approximate surface area is 203 Å². The number of aliphatic hydroxyl groups excluding tert-OH is 1. The number of hydrogen-bond acceptors (Lipinski definition) is 9. The van der Waals surface area contributed by atoms with Gasteiger partial charge in [0.2, 0.25) is 0 Å². The number of hydrogen-bond donors (Lipinski definition) is 4. The summed E-state index contributed by atoms with van der Waals surface area (Å²) in [4.78, 5) is 25.3. The van der Waals surface area contributed by atoms with E-state index in [1.54, 1.807) is 28.7 Å². The zero-order valence-electron chi connectivity index (χ0n) is 19.0. The molecule has 1 aliphatic rings. The summed E-state index contributed by atoms with van der Waals surface area (Å²) in [5, 5.41) is 20.9. The Morgan fingerprint density at radius 1 is 1.33 bits per heavy atom. The molecule has 1 saturated heterocycles. The van der Waals surface area contributed by atoms with Crippen molar-refractivity contribution < 1.29 is 23.4 Å². The van der Waals surface area contributed by atoms with Gasteiger partial charge in [-0.3, -0.25) is 9.48 Å². The lowest BCUT2D eigenvalue weighted by atomic mass is 10.2. The number of nitrogens with zero attached hydrogens (tertiary/aromatic N) is 6. The van der Waals surface area contributed by atoms with Crippen LogP contribution in [0.1, 0.15) is 12.6 Å². The van der Waals surface area contributed by atoms with Crippen molar-refractivity contribution in [3.8, 4) is 11.3 Å². The van der Waals surface area contributed by atoms with Gasteiger partial charge in [-0.25, -0.2) is 23.7 Å². The fourth-order valence-electron chi connectivity index (χ4n) is 4.14. The van der Waals surface area contributed by atoms with E-state index in [-0.39, 0.29) is 18.1 Å². The molecule has 1 fully saturated rings. The van der Waals surface area contributed by atoms with Gasteiger partial charge in [0.15, 0.2) is 6.23 Å². The van der Waals surface area contributed by atoms with E-state index in [4.69, 9.17) is 10.5 Å². The van der Waals surface area contributed by atoms with E-state index in [1.807, 2.05) is 6.07 Å². The van der Waals surface area contributed by atoms with Crippen LogP contribution in [0.25, 0.3) is 22.3 Å². The summed E-state index contributed by atoms with van der Waals surface area (Å²) < 4.78 is 34.1. The van der Waals surface area contributed by atoms with E-state index >= 15 is 0 Å². The largest absolute Gasteiger partial charge is 0.388 e. The molecule has 1 amide bonds. The molecule has 5 N–H and O–H groups in total. The number of ether oxygens (including phenoxy) is 1. The average molecular weight is 499 g/mol. The van der Waals surface area contributed by atoms with Crippen LogP contribution in [0.5, 0.6) is 0 Å². The lowest BCUT2D eigenvalue weighted by Crippen LogP contribution is -2.28. The number of nitrogens with one attached hydrogen (secondary N) is 2. The summed E-state index contributed by atoms with van der Waals surface area (Å²) in [5.74, 6) is -0.136. The summed E-state index contributed by atoms with van der Waals surface area (Å²) in [7, 11) is 1.79. The third kappa shape index (κ3) is 4.55. The van der Waals surface area contributed by atoms with Gasteiger partial charge >= 0.3 is 0 Å². The fraction of sp³-hybridized carbons (Fsp3) is 0.318. The molecule has 0 aromatic carbocycles. The van der Waals surface area contributed by atoms with E-state index in [9.17, 15) is 18.7 Å². The minimum absolute atomic E-state index is 0.0129. The first kappa shape index (κ1) is 23.6. The van der Waals surface area contributed by atoms with Gasteiger partial charge in [0.25, 0.3) is 12.3 Å². The van der Waals surface area contributed by atoms with Crippen molar-refractivity contribution in [2.45, 2.75) is 31.3 Å². The minimum Gasteiger partial charge on any atom is -0.388 e. The Balaban J connectivity index is 1.37. The fourth-order valence-corrected chi connectivity index (χ4v) is 4.14. The lowest BCUT2D eigenvalue weighted by Gasteiger charge is -2.17. The summed E-state index contributed by atoms with van der Waals surface area (Å²) in [6, 6.07) is 4.75. The summed E-state index contributed by atoms with van der Waals surface area (Å²) in [6.45, 7) is -0.531. The Hall–Kier alpha value is -4.17. The van der Waals surface area contributed by atoms with E-state index in [2.05, 4.69) is 30.7 Å². The van der Waals surface area contributed by atoms with Gasteiger partial charge in [0.05, 0.1) is 17.6 Å². The molecule has 12 nitrogen and oxygen atoms in total. The van der Waals surface area contributed by atoms with Gasteiger partial charge < -0.3 is 30.8 Å². The number of aromatic nitrogens is 6. The molecule has 0 saturated carbocycles. The number of carbonyl (C=O) groups is 1. The van der Waals surface area contributed by atoms with Gasteiger partial charge in [-0.15, -0.1) is 0 Å². The number of halogens is 2. The van der Waals surface area contributed by atoms with Crippen LogP contribution in [0.4, 0.5) is 26.1 Å². The normalized spacial score (nSPS) is 19.8. The predicted molar refractivity (Wildman–Crippen MR) is 126 cm³/mol. The minimum atomic E-state index is -2.52. The van der Waals surface area contributed by atoms with Crippen LogP contribution in [0.15, 0.2) is 43.1 Å². The highest BCUT2D eigenvalue weighted by Gasteiger charge is 2.40. The van der Waals surface area contributed by atoms with E-state index in [0.29, 0.717) is 28.0 Å². The molecule has 1 aliphatic heterocycles. The first-order valence-corrected chi connectivity index (χ1v) is 11.0. The molecule has 4 aromatic heterocycles. The van der Waals surface area contributed by atoms with Crippen LogP contribution in [0.2, 0.25) is 0 Å². The topological polar surface area (TPSA) is 158 Å². The first-order chi connectivity index (χ1) is 17.3. The number of carbonyl (C=O) groups excluding carboxylic acids is 1. The Kier molecular flexibility index (Phi) is 6.20. The number of pyridine rings is 1. The number of fused-ring (bicyclic) bond motifs is 1. The molecular weight excluding hydrogens is 476 g/mol. The maximum Gasteiger partial charge on any atom is 0.255 e. The van der Waals surface area contributed by atoms with E-state index < -0.39 is 37.3 Å². The summed E-state index contributed by atoms with van der Waals surface area (Å²) in [5.41, 5.74) is 8.23. The maximum absolute atomic E-state index is 12.9. The Bertz CT molecular complexity index is 1410. The van der Waals surface area contributed by atoms with Crippen LogP contribution in [0.3, 0.4) is 0 Å². The second-order valence-corrected chi connectivity index (χ2v) is 8.29. The van der Waals surface area contributed by atoms with Crippen molar-refractivity contribution in [1.29, 1.82) is 0 Å². The average Bonchev–Trinajstić information content (AvgIpc) is 3.55. The molecule has 0 spiro atoms. The Morgan fingerprint density at radius 2 is 2.17 bits per heavy atom. The maximum atomic E-state index is 12.9. The van der Waals surface area contributed by atoms with Crippen molar-refractivity contribution in [1.82, 2.24) is 29.3 Å². The first-order valence-electron chi connectivity index (χ1n) is 11.0. The zero-order chi connectivity index (χ0) is 25.4. The monoisotopic (exact) mass is 499 g/mol. The number of nitrogens with two attached hydrogens (primary N) is 1. The molecule has 14 heteroatoms. The van der Waals surface area contributed by atoms with Crippen LogP contribution < -0.4 is 16.4 Å². The molecule has 188 valence electrons. The van der Waals surface area contributed by atoms with Gasteiger partial charge in [-0.2, -0.15) is 5.10 Å². The van der Waals surface area contributed by atoms with E-state index in [1.165, 1.54) is 24.7 Å². The highest BCUT2D eigenvalue weighted by atomic mass is 19.3. The van der Waals surface area contributed by atoms with Crippen molar-refractivity contribution in [2.75, 3.05) is 22.9 Å². The Morgan fingerprint density at radius 3 is 2.92 bits per heavy atom. The molecule has 0 bridgehead atoms. The van der Waals surface area contributed by atoms with Gasteiger partial charge in [-0.05, 0) is 12.1 Å². The second-order valence-electron chi connectivity index (χ2n) is 8.29. The third-order valence-electron chi connectivity index (χ3n) is 5.75. The van der Waals surface area contributed by atoms with Crippen molar-refractivity contribution in [2.24, 2.45) is 7.05 Å². The van der Waals surface area contributed by atoms with Crippen LogP contribution >= 0.6 is 0 Å². The summed E-state index contributed by atoms with van der Waals surface area (Å²) in [6.07, 6.45) is 0.716. The van der Waals surface area contributed by atoms with Crippen molar-refractivity contribution in [3.05, 3.63) is 43.1 Å². The van der Waals surface area contributed by atoms with Crippen molar-refractivity contribution in [3.63, 3.8) is 0 Å². The number of aryl methyl sites for hydroxylation is 1. The number of anilines is 3. The molecular formula is C22H23F2N9O3.